The van der Waals surface area contributed by atoms with Gasteiger partial charge in [0.05, 0.1) is 0 Å². The molecule has 0 amide bonds. The Hall–Kier alpha value is -3.93. The highest BCUT2D eigenvalue weighted by Crippen LogP contribution is 2.17. The molecule has 0 heterocycles. The van der Waals surface area contributed by atoms with Crippen LogP contribution < -0.4 is 0 Å². The summed E-state index contributed by atoms with van der Waals surface area (Å²) >= 11 is 0. The zero-order valence-corrected chi connectivity index (χ0v) is 54.0. The molecule has 0 aromatic rings. The summed E-state index contributed by atoms with van der Waals surface area (Å²) in [5.41, 5.74) is 0. The summed E-state index contributed by atoms with van der Waals surface area (Å²) in [6.07, 6.45) is 95.5. The zero-order valence-electron chi connectivity index (χ0n) is 54.0. The summed E-state index contributed by atoms with van der Waals surface area (Å²) in [4.78, 5) is 38.4. The van der Waals surface area contributed by atoms with Crippen molar-refractivity contribution in [2.75, 3.05) is 13.2 Å². The van der Waals surface area contributed by atoms with E-state index in [0.717, 1.165) is 148 Å². The molecule has 0 spiro atoms. The number of unbranched alkanes of at least 4 members (excludes halogenated alkanes) is 34. The number of carbonyl (C=O) groups is 3. The van der Waals surface area contributed by atoms with E-state index in [1.165, 1.54) is 148 Å². The molecule has 82 heavy (non-hydrogen) atoms. The van der Waals surface area contributed by atoms with Gasteiger partial charge in [0.1, 0.15) is 13.2 Å². The van der Waals surface area contributed by atoms with Gasteiger partial charge in [-0.2, -0.15) is 0 Å². The first-order chi connectivity index (χ1) is 40.5. The van der Waals surface area contributed by atoms with Crippen LogP contribution in [0.1, 0.15) is 335 Å². The fraction of sp³-hybridized carbons (Fsp3) is 0.724. The molecule has 0 fully saturated rings. The SMILES string of the molecule is CC/C=C\C/C=C\C/C=C\C/C=C\CCCCCCCCCCCCCCCCCCCCCCC(=O)OCC(COC(=O)CCCCCCC/C=C\C/C=C\C/C=C\CC)OC(=O)CCCCCCC/C=C\C/C=C\CCCCCC. The van der Waals surface area contributed by atoms with Crippen LogP contribution in [0.15, 0.2) is 109 Å². The molecular formula is C76H130O6. The monoisotopic (exact) mass is 1140 g/mol. The standard InChI is InChI=1S/C76H130O6/c1-4-7-10-13-16-19-22-25-28-30-31-32-33-34-35-36-37-38-39-40-41-42-43-44-45-46-49-51-54-57-60-63-66-69-75(78)81-72-73(71-80-74(77)68-65-62-59-56-53-50-47-27-24-21-18-15-12-9-6-3)82-76(79)70-67-64-61-58-55-52-48-29-26-23-20-17-14-11-8-5-2/h7,9-10,12,16,18-21,23,25,27-29,31-32,47-48,73H,4-6,8,11,13-15,17,22,24,26,30,33-46,49-72H2,1-3H3/b10-7-,12-9-,19-16-,21-18-,23-20-,28-25-,32-31-,47-27-,48-29-. The van der Waals surface area contributed by atoms with Gasteiger partial charge in [0.15, 0.2) is 6.10 Å². The molecule has 0 bridgehead atoms. The van der Waals surface area contributed by atoms with Crippen molar-refractivity contribution in [1.29, 1.82) is 0 Å². The quantitative estimate of drug-likeness (QED) is 0.0261. The van der Waals surface area contributed by atoms with E-state index in [4.69, 9.17) is 14.2 Å². The lowest BCUT2D eigenvalue weighted by Gasteiger charge is -2.18. The second kappa shape index (κ2) is 69.6. The summed E-state index contributed by atoms with van der Waals surface area (Å²) < 4.78 is 16.9. The van der Waals surface area contributed by atoms with Crippen molar-refractivity contribution in [3.63, 3.8) is 0 Å². The van der Waals surface area contributed by atoms with Crippen LogP contribution in [0.5, 0.6) is 0 Å². The smallest absolute Gasteiger partial charge is 0.306 e. The fourth-order valence-corrected chi connectivity index (χ4v) is 9.83. The molecule has 0 aromatic heterocycles. The summed E-state index contributed by atoms with van der Waals surface area (Å²) in [5, 5.41) is 0. The van der Waals surface area contributed by atoms with Gasteiger partial charge < -0.3 is 14.2 Å². The maximum absolute atomic E-state index is 12.9. The van der Waals surface area contributed by atoms with Crippen molar-refractivity contribution < 1.29 is 28.6 Å². The topological polar surface area (TPSA) is 78.9 Å². The van der Waals surface area contributed by atoms with E-state index >= 15 is 0 Å². The van der Waals surface area contributed by atoms with Gasteiger partial charge in [-0.05, 0) is 122 Å². The molecule has 6 heteroatoms. The van der Waals surface area contributed by atoms with Crippen LogP contribution in [0.25, 0.3) is 0 Å². The van der Waals surface area contributed by atoms with Crippen molar-refractivity contribution in [3.8, 4) is 0 Å². The first kappa shape index (κ1) is 78.1. The van der Waals surface area contributed by atoms with E-state index in [-0.39, 0.29) is 31.1 Å². The summed E-state index contributed by atoms with van der Waals surface area (Å²) in [5.74, 6) is -0.905. The summed E-state index contributed by atoms with van der Waals surface area (Å²) in [7, 11) is 0. The second-order valence-corrected chi connectivity index (χ2v) is 23.0. The molecule has 0 rings (SSSR count). The lowest BCUT2D eigenvalue weighted by Crippen LogP contribution is -2.30. The molecule has 0 saturated heterocycles. The van der Waals surface area contributed by atoms with Gasteiger partial charge in [-0.15, -0.1) is 0 Å². The number of ether oxygens (including phenoxy) is 3. The Morgan fingerprint density at radius 2 is 0.476 bits per heavy atom. The first-order valence-electron chi connectivity index (χ1n) is 34.9. The number of esters is 3. The van der Waals surface area contributed by atoms with Crippen LogP contribution in [0.3, 0.4) is 0 Å². The number of hydrogen-bond donors (Lipinski definition) is 0. The van der Waals surface area contributed by atoms with E-state index in [1.807, 2.05) is 0 Å². The maximum atomic E-state index is 12.9. The number of hydrogen-bond acceptors (Lipinski definition) is 6. The minimum Gasteiger partial charge on any atom is -0.462 e. The van der Waals surface area contributed by atoms with Gasteiger partial charge in [0.25, 0.3) is 0 Å². The highest BCUT2D eigenvalue weighted by atomic mass is 16.6. The minimum absolute atomic E-state index is 0.0868. The molecule has 0 aliphatic rings. The molecular weight excluding hydrogens is 1010 g/mol. The predicted octanol–water partition coefficient (Wildman–Crippen LogP) is 24.2. The molecule has 6 nitrogen and oxygen atoms in total. The molecule has 0 saturated carbocycles. The maximum Gasteiger partial charge on any atom is 0.306 e. The van der Waals surface area contributed by atoms with Gasteiger partial charge in [-0.25, -0.2) is 0 Å². The minimum atomic E-state index is -0.793. The van der Waals surface area contributed by atoms with Crippen LogP contribution in [-0.2, 0) is 28.6 Å². The molecule has 0 aromatic carbocycles. The molecule has 0 aliphatic heterocycles. The highest BCUT2D eigenvalue weighted by molar-refractivity contribution is 5.71. The van der Waals surface area contributed by atoms with Gasteiger partial charge in [0, 0.05) is 19.3 Å². The number of rotatable bonds is 63. The number of carbonyl (C=O) groups excluding carboxylic acids is 3. The number of allylic oxidation sites excluding steroid dienone is 18. The molecule has 0 N–H and O–H groups in total. The molecule has 470 valence electrons. The van der Waals surface area contributed by atoms with Crippen molar-refractivity contribution in [2.24, 2.45) is 0 Å². The molecule has 1 unspecified atom stereocenters. The average molecular weight is 1140 g/mol. The Labute approximate surface area is 508 Å². The third kappa shape index (κ3) is 66.9. The van der Waals surface area contributed by atoms with E-state index in [9.17, 15) is 14.4 Å². The summed E-state index contributed by atoms with van der Waals surface area (Å²) in [6, 6.07) is 0. The Morgan fingerprint density at radius 3 is 0.744 bits per heavy atom. The molecule has 0 radical (unpaired) electrons. The van der Waals surface area contributed by atoms with Gasteiger partial charge in [-0.1, -0.05) is 304 Å². The Bertz CT molecular complexity index is 1640. The normalized spacial score (nSPS) is 12.8. The van der Waals surface area contributed by atoms with Crippen LogP contribution in [0.4, 0.5) is 0 Å². The largest absolute Gasteiger partial charge is 0.462 e. The van der Waals surface area contributed by atoms with Crippen LogP contribution in [-0.4, -0.2) is 37.2 Å². The fourth-order valence-electron chi connectivity index (χ4n) is 9.83. The molecule has 1 atom stereocenters. The van der Waals surface area contributed by atoms with Crippen molar-refractivity contribution in [3.05, 3.63) is 109 Å². The first-order valence-corrected chi connectivity index (χ1v) is 34.9. The van der Waals surface area contributed by atoms with Crippen molar-refractivity contribution in [1.82, 2.24) is 0 Å². The third-order valence-electron chi connectivity index (χ3n) is 15.0. The Kier molecular flexibility index (Phi) is 66.2. The van der Waals surface area contributed by atoms with Crippen LogP contribution >= 0.6 is 0 Å². The summed E-state index contributed by atoms with van der Waals surface area (Å²) in [6.45, 7) is 6.40. The average Bonchev–Trinajstić information content (AvgIpc) is 3.47. The second-order valence-electron chi connectivity index (χ2n) is 23.0. The van der Waals surface area contributed by atoms with E-state index < -0.39 is 6.10 Å². The van der Waals surface area contributed by atoms with Gasteiger partial charge in [-0.3, -0.25) is 14.4 Å². The van der Waals surface area contributed by atoms with Gasteiger partial charge in [0.2, 0.25) is 0 Å². The lowest BCUT2D eigenvalue weighted by molar-refractivity contribution is -0.167. The van der Waals surface area contributed by atoms with E-state index in [2.05, 4.69) is 130 Å². The Balaban J connectivity index is 4.19. The predicted molar refractivity (Wildman–Crippen MR) is 357 cm³/mol. The van der Waals surface area contributed by atoms with Crippen LogP contribution in [0.2, 0.25) is 0 Å². The Morgan fingerprint density at radius 1 is 0.256 bits per heavy atom. The highest BCUT2D eigenvalue weighted by Gasteiger charge is 2.19. The third-order valence-corrected chi connectivity index (χ3v) is 15.0. The van der Waals surface area contributed by atoms with Crippen molar-refractivity contribution in [2.45, 2.75) is 341 Å². The van der Waals surface area contributed by atoms with Crippen LogP contribution in [0, 0.1) is 0 Å². The lowest BCUT2D eigenvalue weighted by atomic mass is 10.0. The van der Waals surface area contributed by atoms with Gasteiger partial charge >= 0.3 is 17.9 Å². The van der Waals surface area contributed by atoms with E-state index in [1.54, 1.807) is 0 Å². The molecule has 0 aliphatic carbocycles. The van der Waals surface area contributed by atoms with E-state index in [0.29, 0.717) is 19.3 Å². The van der Waals surface area contributed by atoms with Crippen molar-refractivity contribution >= 4 is 17.9 Å². The zero-order chi connectivity index (χ0) is 59.2.